The Hall–Kier alpha value is -1.14. The zero-order valence-corrected chi connectivity index (χ0v) is 13.9. The summed E-state index contributed by atoms with van der Waals surface area (Å²) in [7, 11) is 0. The SMILES string of the molecule is CCCOCCOC(=O)CCCCC(=O)OCCOCCC. The molecule has 0 rings (SSSR count). The molecule has 6 heteroatoms. The summed E-state index contributed by atoms with van der Waals surface area (Å²) >= 11 is 0. The molecule has 0 atom stereocenters. The Morgan fingerprint density at radius 2 is 1.05 bits per heavy atom. The van der Waals surface area contributed by atoms with E-state index in [2.05, 4.69) is 0 Å². The summed E-state index contributed by atoms with van der Waals surface area (Å²) in [5, 5.41) is 0. The van der Waals surface area contributed by atoms with Crippen molar-refractivity contribution in [3.8, 4) is 0 Å². The Morgan fingerprint density at radius 1 is 0.636 bits per heavy atom. The molecule has 0 N–H and O–H groups in total. The zero-order valence-electron chi connectivity index (χ0n) is 13.9. The predicted molar refractivity (Wildman–Crippen MR) is 82.6 cm³/mol. The number of rotatable bonds is 15. The van der Waals surface area contributed by atoms with Crippen molar-refractivity contribution in [2.24, 2.45) is 0 Å². The lowest BCUT2D eigenvalue weighted by Crippen LogP contribution is -2.12. The molecule has 0 saturated carbocycles. The molecule has 0 heterocycles. The molecule has 0 saturated heterocycles. The number of unbranched alkanes of at least 4 members (excludes halogenated alkanes) is 1. The maximum atomic E-state index is 11.4. The van der Waals surface area contributed by atoms with Gasteiger partial charge in [0.25, 0.3) is 0 Å². The largest absolute Gasteiger partial charge is 0.463 e. The van der Waals surface area contributed by atoms with E-state index < -0.39 is 0 Å². The molecule has 0 radical (unpaired) electrons. The minimum Gasteiger partial charge on any atom is -0.463 e. The molecule has 0 bridgehead atoms. The molecule has 0 aromatic rings. The second-order valence-corrected chi connectivity index (χ2v) is 4.87. The van der Waals surface area contributed by atoms with Gasteiger partial charge in [0.15, 0.2) is 0 Å². The van der Waals surface area contributed by atoms with E-state index in [9.17, 15) is 9.59 Å². The standard InChI is InChI=1S/C16H30O6/c1-3-9-19-11-13-21-15(17)7-5-6-8-16(18)22-14-12-20-10-4-2/h3-14H2,1-2H3. The van der Waals surface area contributed by atoms with Gasteiger partial charge < -0.3 is 18.9 Å². The number of carbonyl (C=O) groups excluding carboxylic acids is 2. The molecule has 130 valence electrons. The molecule has 0 fully saturated rings. The highest BCUT2D eigenvalue weighted by atomic mass is 16.6. The van der Waals surface area contributed by atoms with E-state index in [0.29, 0.717) is 65.3 Å². The molecular weight excluding hydrogens is 288 g/mol. The maximum Gasteiger partial charge on any atom is 0.305 e. The third kappa shape index (κ3) is 15.3. The van der Waals surface area contributed by atoms with Crippen LogP contribution in [0.1, 0.15) is 52.4 Å². The van der Waals surface area contributed by atoms with Crippen LogP contribution >= 0.6 is 0 Å². The monoisotopic (exact) mass is 318 g/mol. The molecular formula is C16H30O6. The maximum absolute atomic E-state index is 11.4. The van der Waals surface area contributed by atoms with Crippen LogP contribution in [0.15, 0.2) is 0 Å². The van der Waals surface area contributed by atoms with Crippen LogP contribution in [-0.4, -0.2) is 51.6 Å². The van der Waals surface area contributed by atoms with Gasteiger partial charge in [-0.25, -0.2) is 0 Å². The van der Waals surface area contributed by atoms with Crippen molar-refractivity contribution < 1.29 is 28.5 Å². The first kappa shape index (κ1) is 20.9. The number of hydrogen-bond donors (Lipinski definition) is 0. The van der Waals surface area contributed by atoms with Gasteiger partial charge in [0.2, 0.25) is 0 Å². The van der Waals surface area contributed by atoms with Crippen LogP contribution in [0.5, 0.6) is 0 Å². The fourth-order valence-electron chi connectivity index (χ4n) is 1.60. The molecule has 0 aromatic heterocycles. The number of ether oxygens (including phenoxy) is 4. The van der Waals surface area contributed by atoms with E-state index in [1.54, 1.807) is 0 Å². The van der Waals surface area contributed by atoms with Gasteiger partial charge in [-0.2, -0.15) is 0 Å². The molecule has 0 spiro atoms. The Morgan fingerprint density at radius 3 is 1.41 bits per heavy atom. The first-order chi connectivity index (χ1) is 10.7. The summed E-state index contributed by atoms with van der Waals surface area (Å²) < 4.78 is 20.4. The summed E-state index contributed by atoms with van der Waals surface area (Å²) in [4.78, 5) is 22.8. The van der Waals surface area contributed by atoms with Crippen molar-refractivity contribution in [2.75, 3.05) is 39.6 Å². The third-order valence-corrected chi connectivity index (χ3v) is 2.69. The van der Waals surface area contributed by atoms with Crippen LogP contribution < -0.4 is 0 Å². The van der Waals surface area contributed by atoms with Crippen molar-refractivity contribution in [1.82, 2.24) is 0 Å². The molecule has 0 aromatic carbocycles. The van der Waals surface area contributed by atoms with Crippen LogP contribution in [0.25, 0.3) is 0 Å². The van der Waals surface area contributed by atoms with Crippen molar-refractivity contribution in [3.63, 3.8) is 0 Å². The lowest BCUT2D eigenvalue weighted by molar-refractivity contribution is -0.147. The Bertz CT molecular complexity index is 252. The Labute approximate surface area is 133 Å². The summed E-state index contributed by atoms with van der Waals surface area (Å²) in [6, 6.07) is 0. The van der Waals surface area contributed by atoms with Crippen LogP contribution in [0.4, 0.5) is 0 Å². The molecule has 0 amide bonds. The van der Waals surface area contributed by atoms with E-state index in [-0.39, 0.29) is 11.9 Å². The summed E-state index contributed by atoms with van der Waals surface area (Å²) in [6.45, 7) is 6.87. The van der Waals surface area contributed by atoms with Crippen molar-refractivity contribution in [1.29, 1.82) is 0 Å². The normalized spacial score (nSPS) is 10.5. The molecule has 0 aliphatic heterocycles. The van der Waals surface area contributed by atoms with Gasteiger partial charge >= 0.3 is 11.9 Å². The average molecular weight is 318 g/mol. The van der Waals surface area contributed by atoms with Gasteiger partial charge in [0.1, 0.15) is 13.2 Å². The zero-order chi connectivity index (χ0) is 16.5. The van der Waals surface area contributed by atoms with Gasteiger partial charge in [-0.05, 0) is 25.7 Å². The van der Waals surface area contributed by atoms with E-state index in [1.807, 2.05) is 13.8 Å². The van der Waals surface area contributed by atoms with Gasteiger partial charge in [-0.1, -0.05) is 13.8 Å². The minimum absolute atomic E-state index is 0.249. The van der Waals surface area contributed by atoms with Crippen molar-refractivity contribution >= 4 is 11.9 Å². The van der Waals surface area contributed by atoms with Crippen LogP contribution in [0.2, 0.25) is 0 Å². The first-order valence-electron chi connectivity index (χ1n) is 8.17. The summed E-state index contributed by atoms with van der Waals surface area (Å²) in [5.74, 6) is -0.497. The number of carbonyl (C=O) groups is 2. The van der Waals surface area contributed by atoms with E-state index in [1.165, 1.54) is 0 Å². The van der Waals surface area contributed by atoms with Crippen LogP contribution in [-0.2, 0) is 28.5 Å². The van der Waals surface area contributed by atoms with Crippen LogP contribution in [0, 0.1) is 0 Å². The van der Waals surface area contributed by atoms with Crippen LogP contribution in [0.3, 0.4) is 0 Å². The van der Waals surface area contributed by atoms with E-state index in [0.717, 1.165) is 12.8 Å². The van der Waals surface area contributed by atoms with E-state index in [4.69, 9.17) is 18.9 Å². The minimum atomic E-state index is -0.249. The Balaban J connectivity index is 3.32. The fraction of sp³-hybridized carbons (Fsp3) is 0.875. The van der Waals surface area contributed by atoms with E-state index >= 15 is 0 Å². The number of esters is 2. The number of hydrogen-bond acceptors (Lipinski definition) is 6. The van der Waals surface area contributed by atoms with Crippen molar-refractivity contribution in [3.05, 3.63) is 0 Å². The molecule has 6 nitrogen and oxygen atoms in total. The van der Waals surface area contributed by atoms with Gasteiger partial charge in [0.05, 0.1) is 13.2 Å². The average Bonchev–Trinajstić information content (AvgIpc) is 2.51. The summed E-state index contributed by atoms with van der Waals surface area (Å²) in [5.41, 5.74) is 0. The quantitative estimate of drug-likeness (QED) is 0.341. The lowest BCUT2D eigenvalue weighted by atomic mass is 10.2. The molecule has 22 heavy (non-hydrogen) atoms. The molecule has 0 aliphatic carbocycles. The Kier molecular flexibility index (Phi) is 15.4. The van der Waals surface area contributed by atoms with Gasteiger partial charge in [-0.15, -0.1) is 0 Å². The first-order valence-corrected chi connectivity index (χ1v) is 8.17. The fourth-order valence-corrected chi connectivity index (χ4v) is 1.60. The smallest absolute Gasteiger partial charge is 0.305 e. The molecule has 0 unspecified atom stereocenters. The topological polar surface area (TPSA) is 71.1 Å². The van der Waals surface area contributed by atoms with Gasteiger partial charge in [-0.3, -0.25) is 9.59 Å². The third-order valence-electron chi connectivity index (χ3n) is 2.69. The highest BCUT2D eigenvalue weighted by Gasteiger charge is 2.06. The highest BCUT2D eigenvalue weighted by molar-refractivity contribution is 5.70. The predicted octanol–water partition coefficient (Wildman–Crippen LogP) is 2.49. The lowest BCUT2D eigenvalue weighted by Gasteiger charge is -2.06. The summed E-state index contributed by atoms with van der Waals surface area (Å²) in [6.07, 6.45) is 3.79. The van der Waals surface area contributed by atoms with Gasteiger partial charge in [0, 0.05) is 26.1 Å². The second kappa shape index (κ2) is 16.2. The highest BCUT2D eigenvalue weighted by Crippen LogP contribution is 2.03. The van der Waals surface area contributed by atoms with Crippen molar-refractivity contribution in [2.45, 2.75) is 52.4 Å². The second-order valence-electron chi connectivity index (χ2n) is 4.87. The molecule has 0 aliphatic rings.